The number of nitrogens with zero attached hydrogens (tertiary/aromatic N) is 4. The molecular weight excluding hydrogens is 1090 g/mol. The van der Waals surface area contributed by atoms with E-state index in [9.17, 15) is 0 Å². The van der Waals surface area contributed by atoms with E-state index in [-0.39, 0.29) is 0 Å². The number of fused-ring (bicyclic) bond motifs is 1. The van der Waals surface area contributed by atoms with E-state index >= 15 is 0 Å². The molecule has 1 aromatic carbocycles. The van der Waals surface area contributed by atoms with Crippen LogP contribution in [0, 0.1) is 0 Å². The lowest BCUT2D eigenvalue weighted by Crippen LogP contribution is -3.07. The Kier molecular flexibility index (Phi) is 53.5. The summed E-state index contributed by atoms with van der Waals surface area (Å²) in [6, 6.07) is 12.6. The van der Waals surface area contributed by atoms with E-state index in [0.717, 1.165) is 57.4 Å². The van der Waals surface area contributed by atoms with Gasteiger partial charge in [0.05, 0.1) is 198 Å². The molecule has 0 fully saturated rings. The number of para-hydroxylation sites is 2. The Morgan fingerprint density at radius 2 is 0.833 bits per heavy atom. The van der Waals surface area contributed by atoms with E-state index in [2.05, 4.69) is 56.1 Å². The highest BCUT2D eigenvalue weighted by Gasteiger charge is 2.27. The van der Waals surface area contributed by atoms with Crippen LogP contribution in [0.1, 0.15) is 25.2 Å². The molecule has 3 heterocycles. The number of hydrogen-bond donors (Lipinski definition) is 1. The van der Waals surface area contributed by atoms with Crippen molar-refractivity contribution in [2.75, 3.05) is 265 Å². The van der Waals surface area contributed by atoms with Crippen molar-refractivity contribution in [3.05, 3.63) is 72.6 Å². The van der Waals surface area contributed by atoms with E-state index in [1.807, 2.05) is 44.6 Å². The van der Waals surface area contributed by atoms with E-state index in [1.54, 1.807) is 28.4 Å². The molecule has 0 radical (unpaired) electrons. The second-order valence-electron chi connectivity index (χ2n) is 18.5. The van der Waals surface area contributed by atoms with Crippen molar-refractivity contribution in [2.24, 2.45) is 0 Å². The van der Waals surface area contributed by atoms with E-state index < -0.39 is 0 Å². The number of anilines is 1. The van der Waals surface area contributed by atoms with Crippen molar-refractivity contribution in [3.63, 3.8) is 0 Å². The summed E-state index contributed by atoms with van der Waals surface area (Å²) in [5.41, 5.74) is 3.82. The molecule has 3 aromatic rings. The number of methoxy groups -OCH3 is 4. The summed E-state index contributed by atoms with van der Waals surface area (Å²) >= 11 is 0. The molecule has 84 heavy (non-hydrogen) atoms. The minimum absolute atomic E-state index is 0.472. The van der Waals surface area contributed by atoms with Gasteiger partial charge < -0.3 is 94.9 Å². The number of nitrogens with one attached hydrogen (secondary N) is 1. The average Bonchev–Trinajstić information content (AvgIpc) is 3.86. The van der Waals surface area contributed by atoms with Gasteiger partial charge in [0.25, 0.3) is 5.82 Å². The molecular formula is C60H110N5O19+3. The Hall–Kier alpha value is -3.42. The Balaban J connectivity index is 0.000000443. The summed E-state index contributed by atoms with van der Waals surface area (Å²) in [5.74, 6) is 1.06. The van der Waals surface area contributed by atoms with E-state index in [4.69, 9.17) is 90.0 Å². The average molecular weight is 1210 g/mol. The molecule has 1 aliphatic heterocycles. The standard InChI is InChI=1S/C24H47N2O9.C20H36NO7.C16H26N2O3/c1-4-29-15-16-30-9-7-25-5-6-26(8-10-31-17-18-32-13-11-27-2)24(25)23-35-22-21-34-20-19-33-14-12-28-3;1-22-8-10-25-13-12-24-7-6-21-5-3-4-20(18-21)19-28-17-16-27-15-14-26-11-9-23-2;1-3-19-10-11-21-13-12-20-9-8-18-14-17(2)15-6-4-5-7-16(15)18/h5-6H,4,7-23H2,1-3H3;3-5,18H,6-17,19H2,1-2H3;4-7H,3,8-14H2,1-2H3/q2*+1;/p+1. The van der Waals surface area contributed by atoms with Crippen LogP contribution in [-0.2, 0) is 123 Å². The van der Waals surface area contributed by atoms with Gasteiger partial charge in [0.1, 0.15) is 50.9 Å². The van der Waals surface area contributed by atoms with Crippen molar-refractivity contribution in [1.82, 2.24) is 4.57 Å². The van der Waals surface area contributed by atoms with Gasteiger partial charge in [-0.1, -0.05) is 12.1 Å². The van der Waals surface area contributed by atoms with Crippen molar-refractivity contribution in [1.29, 1.82) is 0 Å². The largest absolute Gasteiger partial charge is 0.382 e. The summed E-state index contributed by atoms with van der Waals surface area (Å²) in [4.78, 5) is 3.76. The second-order valence-corrected chi connectivity index (χ2v) is 18.5. The Morgan fingerprint density at radius 3 is 1.33 bits per heavy atom. The van der Waals surface area contributed by atoms with Crippen LogP contribution in [0.3, 0.4) is 0 Å². The van der Waals surface area contributed by atoms with Crippen molar-refractivity contribution in [3.8, 4) is 0 Å². The normalized spacial score (nSPS) is 12.8. The van der Waals surface area contributed by atoms with Crippen LogP contribution >= 0.6 is 0 Å². The van der Waals surface area contributed by atoms with Gasteiger partial charge in [0, 0.05) is 66.4 Å². The molecule has 0 amide bonds. The van der Waals surface area contributed by atoms with Gasteiger partial charge in [0.2, 0.25) is 0 Å². The quantitative estimate of drug-likeness (QED) is 0.0638. The first-order chi connectivity index (χ1) is 41.5. The van der Waals surface area contributed by atoms with Crippen molar-refractivity contribution < 1.29 is 104 Å². The second kappa shape index (κ2) is 58.6. The Bertz CT molecular complexity index is 1860. The number of hydrogen-bond acceptors (Lipinski definition) is 20. The molecule has 1 N–H and O–H groups in total. The number of benzene rings is 1. The van der Waals surface area contributed by atoms with Crippen LogP contribution in [0.4, 0.5) is 11.4 Å². The summed E-state index contributed by atoms with van der Waals surface area (Å²) < 4.78 is 109. The van der Waals surface area contributed by atoms with Crippen LogP contribution in [0.25, 0.3) is 0 Å². The number of ether oxygens (including phenoxy) is 19. The molecule has 4 rings (SSSR count). The minimum atomic E-state index is 0.472. The molecule has 0 spiro atoms. The highest BCUT2D eigenvalue weighted by molar-refractivity contribution is 5.64. The zero-order valence-electron chi connectivity index (χ0n) is 52.4. The Morgan fingerprint density at radius 1 is 0.417 bits per heavy atom. The lowest BCUT2D eigenvalue weighted by Gasteiger charge is -2.13. The van der Waals surface area contributed by atoms with Crippen LogP contribution in [0.2, 0.25) is 0 Å². The van der Waals surface area contributed by atoms with Gasteiger partial charge in [-0.05, 0) is 26.0 Å². The van der Waals surface area contributed by atoms with E-state index in [1.165, 1.54) is 16.3 Å². The van der Waals surface area contributed by atoms with Crippen molar-refractivity contribution in [2.45, 2.75) is 46.7 Å². The fourth-order valence-corrected chi connectivity index (χ4v) is 7.73. The third kappa shape index (κ3) is 42.4. The molecule has 0 saturated heterocycles. The van der Waals surface area contributed by atoms with Crippen LogP contribution in [0.15, 0.2) is 61.2 Å². The smallest absolute Gasteiger partial charge is 0.283 e. The van der Waals surface area contributed by atoms with Gasteiger partial charge in [-0.2, -0.15) is 0 Å². The molecule has 24 nitrogen and oxygen atoms in total. The molecule has 0 saturated carbocycles. The topological polar surface area (TPSA) is 196 Å². The van der Waals surface area contributed by atoms with Gasteiger partial charge in [-0.25, -0.2) is 13.7 Å². The molecule has 1 atom stereocenters. The Labute approximate surface area is 502 Å². The van der Waals surface area contributed by atoms with Gasteiger partial charge in [-0.15, -0.1) is 0 Å². The first kappa shape index (κ1) is 76.7. The maximum atomic E-state index is 5.89. The predicted molar refractivity (Wildman–Crippen MR) is 315 cm³/mol. The summed E-state index contributed by atoms with van der Waals surface area (Å²) in [6.07, 6.45) is 8.19. The highest BCUT2D eigenvalue weighted by Crippen LogP contribution is 2.24. The summed E-state index contributed by atoms with van der Waals surface area (Å²) in [7, 11) is 8.76. The maximum Gasteiger partial charge on any atom is 0.283 e. The molecule has 2 aromatic heterocycles. The lowest BCUT2D eigenvalue weighted by molar-refractivity contribution is -0.826. The number of aromatic nitrogens is 3. The first-order valence-corrected chi connectivity index (χ1v) is 29.8. The van der Waals surface area contributed by atoms with E-state index in [0.29, 0.717) is 211 Å². The molecule has 24 heteroatoms. The number of pyridine rings is 1. The lowest BCUT2D eigenvalue weighted by atomic mass is 10.2. The van der Waals surface area contributed by atoms with Gasteiger partial charge in [-0.3, -0.25) is 4.90 Å². The zero-order chi connectivity index (χ0) is 60.3. The summed E-state index contributed by atoms with van der Waals surface area (Å²) in [5, 5.41) is 0. The highest BCUT2D eigenvalue weighted by atomic mass is 16.6. The fraction of sp³-hybridized carbons (Fsp3) is 0.767. The third-order valence-electron chi connectivity index (χ3n) is 12.1. The molecule has 486 valence electrons. The maximum absolute atomic E-state index is 5.89. The van der Waals surface area contributed by atoms with Gasteiger partial charge in [0.15, 0.2) is 31.3 Å². The number of rotatable bonds is 57. The molecule has 1 unspecified atom stereocenters. The number of imidazole rings is 1. The minimum Gasteiger partial charge on any atom is -0.382 e. The number of quaternary nitrogens is 1. The molecule has 0 aliphatic carbocycles. The first-order valence-electron chi connectivity index (χ1n) is 29.8. The van der Waals surface area contributed by atoms with Crippen LogP contribution < -0.4 is 18.9 Å². The zero-order valence-corrected chi connectivity index (χ0v) is 52.4. The van der Waals surface area contributed by atoms with Crippen LogP contribution in [0.5, 0.6) is 0 Å². The molecule has 1 aliphatic rings. The predicted octanol–water partition coefficient (Wildman–Crippen LogP) is 2.23. The fourth-order valence-electron chi connectivity index (χ4n) is 7.73. The molecule has 0 bridgehead atoms. The van der Waals surface area contributed by atoms with Crippen molar-refractivity contribution >= 4 is 11.4 Å². The third-order valence-corrected chi connectivity index (χ3v) is 12.1. The van der Waals surface area contributed by atoms with Gasteiger partial charge >= 0.3 is 0 Å². The SMILES string of the molecule is CCOCCOCCOCC[NH+]1CN(C)c2ccccc21.CCOCCOCCn1cc[n+](CCOCCOCCOC)c1COCCOCCOCCOC.COCCOCCOCCOCc1ccc[n+](CCOCCOCCOC)c1. The summed E-state index contributed by atoms with van der Waals surface area (Å²) in [6.45, 7) is 28.5. The van der Waals surface area contributed by atoms with Crippen LogP contribution in [-0.4, -0.2) is 265 Å². The monoisotopic (exact) mass is 1200 g/mol.